The summed E-state index contributed by atoms with van der Waals surface area (Å²) >= 11 is 4.06. The van der Waals surface area contributed by atoms with E-state index in [9.17, 15) is 15.0 Å². The van der Waals surface area contributed by atoms with E-state index in [1.807, 2.05) is 22.6 Å². The summed E-state index contributed by atoms with van der Waals surface area (Å²) in [6.07, 6.45) is -0.689. The number of nitrogens with one attached hydrogen (secondary N) is 1. The number of benzene rings is 1. The van der Waals surface area contributed by atoms with E-state index in [2.05, 4.69) is 27.9 Å². The number of hydrogen-bond acceptors (Lipinski definition) is 3. The Kier molecular flexibility index (Phi) is 5.24. The molecule has 1 amide bonds. The summed E-state index contributed by atoms with van der Waals surface area (Å²) in [5, 5.41) is 22.2. The van der Waals surface area contributed by atoms with Crippen LogP contribution in [0.3, 0.4) is 0 Å². The van der Waals surface area contributed by atoms with Gasteiger partial charge in [-0.25, -0.2) is 0 Å². The lowest BCUT2D eigenvalue weighted by Gasteiger charge is -2.29. The average molecular weight is 475 g/mol. The summed E-state index contributed by atoms with van der Waals surface area (Å²) in [4.78, 5) is 12.1. The van der Waals surface area contributed by atoms with Crippen molar-refractivity contribution in [2.75, 3.05) is 0 Å². The van der Waals surface area contributed by atoms with Crippen molar-refractivity contribution in [3.05, 3.63) is 24.8 Å². The van der Waals surface area contributed by atoms with E-state index in [0.717, 1.165) is 3.57 Å². The van der Waals surface area contributed by atoms with Gasteiger partial charge in [-0.05, 0) is 78.1 Å². The van der Waals surface area contributed by atoms with E-state index in [1.54, 1.807) is 32.9 Å². The first-order valence-electron chi connectivity index (χ1n) is 5.33. The molecule has 0 fully saturated rings. The van der Waals surface area contributed by atoms with Gasteiger partial charge in [-0.3, -0.25) is 4.79 Å². The summed E-state index contributed by atoms with van der Waals surface area (Å²) < 4.78 is 1.49. The Bertz CT molecular complexity index is 473. The number of aliphatic hydroxyl groups is 1. The summed E-state index contributed by atoms with van der Waals surface area (Å²) in [5.41, 5.74) is -0.531. The molecule has 1 aromatic rings. The fraction of sp³-hybridized carbons (Fsp3) is 0.417. The fourth-order valence-corrected chi connectivity index (χ4v) is 3.05. The van der Waals surface area contributed by atoms with Crippen molar-refractivity contribution < 1.29 is 15.0 Å². The van der Waals surface area contributed by atoms with Gasteiger partial charge >= 0.3 is 0 Å². The zero-order valence-corrected chi connectivity index (χ0v) is 14.6. The second-order valence-electron chi connectivity index (χ2n) is 4.64. The third-order valence-corrected chi connectivity index (χ3v) is 4.20. The van der Waals surface area contributed by atoms with Crippen molar-refractivity contribution in [1.82, 2.24) is 5.32 Å². The predicted molar refractivity (Wildman–Crippen MR) is 86.8 cm³/mol. The molecule has 1 atom stereocenters. The van der Waals surface area contributed by atoms with E-state index in [0.29, 0.717) is 3.57 Å². The summed E-state index contributed by atoms with van der Waals surface area (Å²) in [5.74, 6) is -0.426. The van der Waals surface area contributed by atoms with Crippen molar-refractivity contribution >= 4 is 51.1 Å². The molecule has 0 saturated heterocycles. The van der Waals surface area contributed by atoms with Crippen LogP contribution in [0.15, 0.2) is 12.1 Å². The van der Waals surface area contributed by atoms with E-state index >= 15 is 0 Å². The minimum absolute atomic E-state index is 0.0325. The number of carbonyl (C=O) groups is 1. The number of aliphatic hydroxyl groups excluding tert-OH is 1. The largest absolute Gasteiger partial charge is 0.506 e. The summed E-state index contributed by atoms with van der Waals surface area (Å²) in [6, 6.07) is 3.40. The Labute approximate surface area is 133 Å². The van der Waals surface area contributed by atoms with Gasteiger partial charge in [0.1, 0.15) is 5.75 Å². The highest BCUT2D eigenvalue weighted by molar-refractivity contribution is 14.1. The molecule has 0 spiro atoms. The first-order chi connectivity index (χ1) is 8.15. The quantitative estimate of drug-likeness (QED) is 0.589. The number of phenols is 1. The van der Waals surface area contributed by atoms with Crippen LogP contribution in [0.2, 0.25) is 0 Å². The van der Waals surface area contributed by atoms with Crippen molar-refractivity contribution in [2.45, 2.75) is 32.4 Å². The standard InChI is InChI=1S/C12H15I2NO3/c1-6(16)12(2,3)15-11(18)8-4-7(13)5-9(14)10(8)17/h4-6,16-17H,1-3H3,(H,15,18). The highest BCUT2D eigenvalue weighted by Crippen LogP contribution is 2.27. The molecule has 1 unspecified atom stereocenters. The molecule has 100 valence electrons. The molecule has 1 aromatic carbocycles. The Morgan fingerprint density at radius 3 is 2.44 bits per heavy atom. The van der Waals surface area contributed by atoms with Gasteiger partial charge in [0.15, 0.2) is 0 Å². The molecular weight excluding hydrogens is 460 g/mol. The molecule has 0 radical (unpaired) electrons. The third kappa shape index (κ3) is 3.70. The van der Waals surface area contributed by atoms with Crippen LogP contribution < -0.4 is 5.32 Å². The van der Waals surface area contributed by atoms with Gasteiger partial charge in [0.05, 0.1) is 20.8 Å². The number of phenolic OH excluding ortho intramolecular Hbond substituents is 1. The number of aromatic hydroxyl groups is 1. The molecule has 4 nitrogen and oxygen atoms in total. The highest BCUT2D eigenvalue weighted by atomic mass is 127. The van der Waals surface area contributed by atoms with E-state index < -0.39 is 17.6 Å². The second-order valence-corrected chi connectivity index (χ2v) is 7.04. The number of amides is 1. The van der Waals surface area contributed by atoms with Crippen molar-refractivity contribution in [1.29, 1.82) is 0 Å². The second kappa shape index (κ2) is 5.91. The topological polar surface area (TPSA) is 69.6 Å². The number of hydrogen-bond donors (Lipinski definition) is 3. The number of rotatable bonds is 3. The molecule has 0 aliphatic rings. The van der Waals surface area contributed by atoms with Gasteiger partial charge in [0.25, 0.3) is 5.91 Å². The van der Waals surface area contributed by atoms with Gasteiger partial charge in [0.2, 0.25) is 0 Å². The first-order valence-corrected chi connectivity index (χ1v) is 7.49. The van der Waals surface area contributed by atoms with E-state index in [4.69, 9.17) is 0 Å². The molecule has 0 saturated carbocycles. The molecule has 0 aromatic heterocycles. The van der Waals surface area contributed by atoms with Crippen molar-refractivity contribution in [2.24, 2.45) is 0 Å². The zero-order chi connectivity index (χ0) is 14.1. The Hall–Kier alpha value is -0.0900. The lowest BCUT2D eigenvalue weighted by molar-refractivity contribution is 0.0707. The van der Waals surface area contributed by atoms with Gasteiger partial charge in [-0.15, -0.1) is 0 Å². The van der Waals surface area contributed by atoms with Crippen LogP contribution >= 0.6 is 45.2 Å². The minimum Gasteiger partial charge on any atom is -0.506 e. The maximum atomic E-state index is 12.1. The van der Waals surface area contributed by atoms with Crippen LogP contribution in [0.25, 0.3) is 0 Å². The van der Waals surface area contributed by atoms with Gasteiger partial charge < -0.3 is 15.5 Å². The molecule has 6 heteroatoms. The van der Waals surface area contributed by atoms with Crippen molar-refractivity contribution in [3.8, 4) is 5.75 Å². The Morgan fingerprint density at radius 2 is 1.94 bits per heavy atom. The summed E-state index contributed by atoms with van der Waals surface area (Å²) in [7, 11) is 0. The van der Waals surface area contributed by atoms with Gasteiger partial charge in [-0.1, -0.05) is 0 Å². The highest BCUT2D eigenvalue weighted by Gasteiger charge is 2.27. The zero-order valence-electron chi connectivity index (χ0n) is 10.3. The molecule has 0 aliphatic carbocycles. The van der Waals surface area contributed by atoms with Crippen LogP contribution in [0.5, 0.6) is 5.75 Å². The van der Waals surface area contributed by atoms with Gasteiger partial charge in [0, 0.05) is 3.57 Å². The average Bonchev–Trinajstić information content (AvgIpc) is 2.22. The predicted octanol–water partition coefficient (Wildman–Crippen LogP) is 2.49. The molecule has 0 heterocycles. The van der Waals surface area contributed by atoms with Crippen LogP contribution in [0.1, 0.15) is 31.1 Å². The van der Waals surface area contributed by atoms with Crippen LogP contribution in [-0.4, -0.2) is 27.8 Å². The van der Waals surface area contributed by atoms with Crippen LogP contribution in [0, 0.1) is 7.14 Å². The molecule has 3 N–H and O–H groups in total. The van der Waals surface area contributed by atoms with Crippen molar-refractivity contribution in [3.63, 3.8) is 0 Å². The third-order valence-electron chi connectivity index (χ3n) is 2.75. The summed E-state index contributed by atoms with van der Waals surface area (Å²) in [6.45, 7) is 5.07. The molecule has 0 aliphatic heterocycles. The normalized spacial score (nSPS) is 13.2. The lowest BCUT2D eigenvalue weighted by Crippen LogP contribution is -2.51. The molecule has 1 rings (SSSR count). The minimum atomic E-state index is -0.754. The van der Waals surface area contributed by atoms with Crippen LogP contribution in [-0.2, 0) is 0 Å². The van der Waals surface area contributed by atoms with Gasteiger partial charge in [-0.2, -0.15) is 0 Å². The fourth-order valence-electron chi connectivity index (χ4n) is 1.20. The molecule has 18 heavy (non-hydrogen) atoms. The maximum Gasteiger partial charge on any atom is 0.255 e. The first kappa shape index (κ1) is 16.0. The Balaban J connectivity index is 3.06. The SMILES string of the molecule is CC(O)C(C)(C)NC(=O)c1cc(I)cc(I)c1O. The van der Waals surface area contributed by atoms with E-state index in [1.165, 1.54) is 0 Å². The molecular formula is C12H15I2NO3. The monoisotopic (exact) mass is 475 g/mol. The molecule has 0 bridgehead atoms. The maximum absolute atomic E-state index is 12.1. The number of carbonyl (C=O) groups excluding carboxylic acids is 1. The van der Waals surface area contributed by atoms with E-state index in [-0.39, 0.29) is 11.3 Å². The smallest absolute Gasteiger partial charge is 0.255 e. The van der Waals surface area contributed by atoms with Crippen LogP contribution in [0.4, 0.5) is 0 Å². The number of halogens is 2. The lowest BCUT2D eigenvalue weighted by atomic mass is 9.98. The Morgan fingerprint density at radius 1 is 1.39 bits per heavy atom.